The summed E-state index contributed by atoms with van der Waals surface area (Å²) in [6, 6.07) is 18.1. The molecule has 0 atom stereocenters. The van der Waals surface area contributed by atoms with Gasteiger partial charge >= 0.3 is 0 Å². The predicted molar refractivity (Wildman–Crippen MR) is 121 cm³/mol. The molecule has 0 bridgehead atoms. The second-order valence-electron chi connectivity index (χ2n) is 6.83. The van der Waals surface area contributed by atoms with Crippen molar-refractivity contribution in [3.63, 3.8) is 0 Å². The first-order valence-corrected chi connectivity index (χ1v) is 10.8. The van der Waals surface area contributed by atoms with Gasteiger partial charge in [0.25, 0.3) is 11.5 Å². The molecule has 4 rings (SSSR count). The number of thiazole rings is 1. The monoisotopic (exact) mass is 451 g/mol. The molecule has 156 valence electrons. The summed E-state index contributed by atoms with van der Waals surface area (Å²) in [6.45, 7) is 1.68. The van der Waals surface area contributed by atoms with E-state index in [2.05, 4.69) is 0 Å². The maximum atomic E-state index is 13.3. The van der Waals surface area contributed by atoms with Gasteiger partial charge in [-0.3, -0.25) is 14.2 Å². The van der Waals surface area contributed by atoms with Crippen molar-refractivity contribution >= 4 is 40.5 Å². The molecule has 8 heteroatoms. The number of carbonyl (C=O) groups excluding carboxylic acids is 1. The first kappa shape index (κ1) is 21.1. The molecule has 3 aromatic rings. The molecular formula is C23H18ClN3O3S. The fourth-order valence-corrected chi connectivity index (χ4v) is 4.51. The number of aromatic nitrogens is 1. The Kier molecular flexibility index (Phi) is 6.33. The van der Waals surface area contributed by atoms with E-state index in [1.54, 1.807) is 35.2 Å². The summed E-state index contributed by atoms with van der Waals surface area (Å²) < 4.78 is 7.48. The number of ether oxygens (including phenoxy) is 1. The molecule has 1 fully saturated rings. The molecule has 1 aromatic heterocycles. The van der Waals surface area contributed by atoms with Crippen LogP contribution in [0.2, 0.25) is 5.02 Å². The number of carbonyl (C=O) groups is 1. The van der Waals surface area contributed by atoms with E-state index in [-0.39, 0.29) is 11.1 Å². The third-order valence-corrected chi connectivity index (χ3v) is 6.19. The van der Waals surface area contributed by atoms with Gasteiger partial charge in [-0.2, -0.15) is 5.26 Å². The molecule has 0 spiro atoms. The molecule has 6 nitrogen and oxygen atoms in total. The molecular weight excluding hydrogens is 434 g/mol. The van der Waals surface area contributed by atoms with Gasteiger partial charge in [-0.05, 0) is 35.9 Å². The fraction of sp³-hybridized carbons (Fsp3) is 0.174. The minimum absolute atomic E-state index is 0.0522. The van der Waals surface area contributed by atoms with Crippen LogP contribution in [-0.4, -0.2) is 41.7 Å². The molecule has 2 aromatic carbocycles. The molecule has 0 saturated carbocycles. The quantitative estimate of drug-likeness (QED) is 0.609. The lowest BCUT2D eigenvalue weighted by Crippen LogP contribution is -2.42. The minimum atomic E-state index is -0.394. The number of para-hydroxylation sites is 1. The van der Waals surface area contributed by atoms with Gasteiger partial charge in [0.1, 0.15) is 10.7 Å². The number of halogens is 1. The van der Waals surface area contributed by atoms with Crippen molar-refractivity contribution < 1.29 is 9.53 Å². The Morgan fingerprint density at radius 3 is 2.42 bits per heavy atom. The van der Waals surface area contributed by atoms with Crippen LogP contribution < -0.4 is 14.8 Å². The van der Waals surface area contributed by atoms with Crippen LogP contribution in [0.4, 0.5) is 0 Å². The first-order valence-electron chi connectivity index (χ1n) is 9.64. The van der Waals surface area contributed by atoms with E-state index >= 15 is 0 Å². The van der Waals surface area contributed by atoms with Crippen LogP contribution in [0, 0.1) is 11.3 Å². The second kappa shape index (κ2) is 9.31. The SMILES string of the molecule is N#C/C(C(=O)N1CCOCC1)=c1/s/c(=C\c2ccc(Cl)cc2)c(=O)n1-c1ccccc1. The lowest BCUT2D eigenvalue weighted by atomic mass is 10.2. The summed E-state index contributed by atoms with van der Waals surface area (Å²) in [5.74, 6) is -0.394. The van der Waals surface area contributed by atoms with Gasteiger partial charge in [0.15, 0.2) is 5.57 Å². The Hall–Kier alpha value is -3.18. The number of morpholine rings is 1. The van der Waals surface area contributed by atoms with E-state index in [1.165, 1.54) is 4.57 Å². The zero-order valence-corrected chi connectivity index (χ0v) is 18.0. The summed E-state index contributed by atoms with van der Waals surface area (Å²) in [6.07, 6.45) is 1.74. The highest BCUT2D eigenvalue weighted by molar-refractivity contribution is 7.07. The lowest BCUT2D eigenvalue weighted by molar-refractivity contribution is -0.128. The van der Waals surface area contributed by atoms with Crippen molar-refractivity contribution in [3.8, 4) is 11.8 Å². The highest BCUT2D eigenvalue weighted by Crippen LogP contribution is 2.10. The van der Waals surface area contributed by atoms with Crippen LogP contribution in [0.1, 0.15) is 5.56 Å². The largest absolute Gasteiger partial charge is 0.378 e. The van der Waals surface area contributed by atoms with E-state index in [4.69, 9.17) is 16.3 Å². The average molecular weight is 452 g/mol. The lowest BCUT2D eigenvalue weighted by Gasteiger charge is -2.26. The van der Waals surface area contributed by atoms with Crippen molar-refractivity contribution in [2.45, 2.75) is 0 Å². The maximum absolute atomic E-state index is 13.3. The highest BCUT2D eigenvalue weighted by atomic mass is 35.5. The number of hydrogen-bond acceptors (Lipinski definition) is 5. The van der Waals surface area contributed by atoms with Crippen molar-refractivity contribution in [1.82, 2.24) is 9.47 Å². The molecule has 1 aliphatic rings. The normalized spacial score (nSPS) is 15.5. The van der Waals surface area contributed by atoms with E-state index in [9.17, 15) is 14.9 Å². The average Bonchev–Trinajstić information content (AvgIpc) is 3.12. The Bertz CT molecular complexity index is 1320. The maximum Gasteiger partial charge on any atom is 0.273 e. The molecule has 31 heavy (non-hydrogen) atoms. The van der Waals surface area contributed by atoms with Crippen LogP contribution in [0.5, 0.6) is 0 Å². The van der Waals surface area contributed by atoms with E-state index in [0.717, 1.165) is 16.9 Å². The van der Waals surface area contributed by atoms with Gasteiger partial charge < -0.3 is 9.64 Å². The number of hydrogen-bond donors (Lipinski definition) is 0. The zero-order valence-electron chi connectivity index (χ0n) is 16.5. The fourth-order valence-electron chi connectivity index (χ4n) is 3.28. The summed E-state index contributed by atoms with van der Waals surface area (Å²) in [5.41, 5.74) is 1.05. The van der Waals surface area contributed by atoms with Gasteiger partial charge in [0.05, 0.1) is 23.4 Å². The van der Waals surface area contributed by atoms with Crippen LogP contribution in [0.15, 0.2) is 59.4 Å². The third kappa shape index (κ3) is 4.47. The molecule has 1 saturated heterocycles. The molecule has 1 aliphatic heterocycles. The molecule has 0 aliphatic carbocycles. The number of benzene rings is 2. The van der Waals surface area contributed by atoms with E-state index in [1.807, 2.05) is 36.4 Å². The number of rotatable bonds is 3. The van der Waals surface area contributed by atoms with Gasteiger partial charge in [-0.1, -0.05) is 41.9 Å². The second-order valence-corrected chi connectivity index (χ2v) is 8.30. The first-order chi connectivity index (χ1) is 15.1. The van der Waals surface area contributed by atoms with Crippen molar-refractivity contribution in [1.29, 1.82) is 5.26 Å². The van der Waals surface area contributed by atoms with E-state index < -0.39 is 5.91 Å². The number of nitriles is 1. The molecule has 1 amide bonds. The third-order valence-electron chi connectivity index (χ3n) is 4.84. The summed E-state index contributed by atoms with van der Waals surface area (Å²) >= 11 is 7.09. The topological polar surface area (TPSA) is 75.3 Å². The smallest absolute Gasteiger partial charge is 0.273 e. The minimum Gasteiger partial charge on any atom is -0.378 e. The Labute approximate surface area is 187 Å². The van der Waals surface area contributed by atoms with Gasteiger partial charge in [-0.15, -0.1) is 11.3 Å². The van der Waals surface area contributed by atoms with Crippen molar-refractivity contribution in [2.24, 2.45) is 0 Å². The summed E-state index contributed by atoms with van der Waals surface area (Å²) in [7, 11) is 0. The van der Waals surface area contributed by atoms with Gasteiger partial charge in [0, 0.05) is 18.1 Å². The molecule has 2 heterocycles. The van der Waals surface area contributed by atoms with Gasteiger partial charge in [0.2, 0.25) is 0 Å². The predicted octanol–water partition coefficient (Wildman–Crippen LogP) is 1.91. The van der Waals surface area contributed by atoms with Gasteiger partial charge in [-0.25, -0.2) is 0 Å². The standard InChI is InChI=1S/C23H18ClN3O3S/c24-17-8-6-16(7-9-17)14-20-22(29)27(18-4-2-1-3-5-18)23(31-20)19(15-25)21(28)26-10-12-30-13-11-26/h1-9,14H,10-13H2/b20-14-,23-19-. The highest BCUT2D eigenvalue weighted by Gasteiger charge is 2.23. The molecule has 0 N–H and O–H groups in total. The summed E-state index contributed by atoms with van der Waals surface area (Å²) in [4.78, 5) is 28.0. The van der Waals surface area contributed by atoms with Crippen LogP contribution in [0.25, 0.3) is 17.3 Å². The number of nitrogens with zero attached hydrogens (tertiary/aromatic N) is 3. The Balaban J connectivity index is 1.97. The number of amides is 1. The Morgan fingerprint density at radius 1 is 1.10 bits per heavy atom. The molecule has 0 unspecified atom stereocenters. The van der Waals surface area contributed by atoms with Crippen LogP contribution in [0.3, 0.4) is 0 Å². The van der Waals surface area contributed by atoms with Crippen LogP contribution >= 0.6 is 22.9 Å². The zero-order chi connectivity index (χ0) is 21.8. The van der Waals surface area contributed by atoms with Crippen molar-refractivity contribution in [2.75, 3.05) is 26.3 Å². The van der Waals surface area contributed by atoms with Crippen molar-refractivity contribution in [3.05, 3.63) is 84.7 Å². The van der Waals surface area contributed by atoms with E-state index in [0.29, 0.717) is 46.2 Å². The van der Waals surface area contributed by atoms with Crippen LogP contribution in [-0.2, 0) is 9.53 Å². The molecule has 0 radical (unpaired) electrons. The Morgan fingerprint density at radius 2 is 1.77 bits per heavy atom. The summed E-state index contributed by atoms with van der Waals surface area (Å²) in [5, 5.41) is 10.5.